The van der Waals surface area contributed by atoms with Crippen LogP contribution in [-0.4, -0.2) is 35.1 Å². The van der Waals surface area contributed by atoms with Gasteiger partial charge in [-0.05, 0) is 37.0 Å². The normalized spacial score (nSPS) is 16.8. The second kappa shape index (κ2) is 7.88. The fraction of sp³-hybridized carbons (Fsp3) is 0.389. The van der Waals surface area contributed by atoms with Gasteiger partial charge in [0.05, 0.1) is 6.10 Å². The monoisotopic (exact) mass is 326 g/mol. The molecule has 1 aromatic heterocycles. The van der Waals surface area contributed by atoms with Crippen LogP contribution in [0.5, 0.6) is 0 Å². The van der Waals surface area contributed by atoms with Crippen molar-refractivity contribution in [3.8, 4) is 0 Å². The maximum Gasteiger partial charge on any atom is 0.270 e. The molecule has 6 heteroatoms. The summed E-state index contributed by atoms with van der Waals surface area (Å²) in [7, 11) is 0. The summed E-state index contributed by atoms with van der Waals surface area (Å²) < 4.78 is 5.50. The Morgan fingerprint density at radius 2 is 2.21 bits per heavy atom. The van der Waals surface area contributed by atoms with Crippen LogP contribution in [0.2, 0.25) is 0 Å². The number of anilines is 1. The van der Waals surface area contributed by atoms with Gasteiger partial charge in [-0.1, -0.05) is 24.3 Å². The zero-order valence-corrected chi connectivity index (χ0v) is 13.8. The molecule has 2 N–H and O–H groups in total. The maximum atomic E-state index is 12.2. The molecule has 1 amide bonds. The minimum Gasteiger partial charge on any atom is -0.376 e. The molecular weight excluding hydrogens is 304 g/mol. The van der Waals surface area contributed by atoms with E-state index in [9.17, 15) is 4.79 Å². The van der Waals surface area contributed by atoms with Crippen LogP contribution in [0.15, 0.2) is 36.5 Å². The third-order valence-corrected chi connectivity index (χ3v) is 4.10. The standard InChI is InChI=1S/C18H22N4O2/c1-13-5-2-3-6-14(13)11-21-18-19-9-8-16(22-18)17(23)20-12-15-7-4-10-24-15/h2-3,5-6,8-9,15H,4,7,10-12H2,1H3,(H,20,23)(H,19,21,22). The van der Waals surface area contributed by atoms with Crippen molar-refractivity contribution < 1.29 is 9.53 Å². The molecule has 24 heavy (non-hydrogen) atoms. The summed E-state index contributed by atoms with van der Waals surface area (Å²) in [5.74, 6) is 0.245. The number of carbonyl (C=O) groups is 1. The van der Waals surface area contributed by atoms with Crippen molar-refractivity contribution in [1.82, 2.24) is 15.3 Å². The molecule has 2 heterocycles. The number of nitrogens with one attached hydrogen (secondary N) is 2. The Bertz CT molecular complexity index is 699. The minimum atomic E-state index is -0.202. The van der Waals surface area contributed by atoms with E-state index in [1.807, 2.05) is 12.1 Å². The first-order chi connectivity index (χ1) is 11.7. The van der Waals surface area contributed by atoms with E-state index in [4.69, 9.17) is 4.74 Å². The first-order valence-corrected chi connectivity index (χ1v) is 8.23. The van der Waals surface area contributed by atoms with E-state index in [0.29, 0.717) is 24.7 Å². The molecule has 1 fully saturated rings. The van der Waals surface area contributed by atoms with Gasteiger partial charge in [0.15, 0.2) is 0 Å². The van der Waals surface area contributed by atoms with Crippen LogP contribution in [0.3, 0.4) is 0 Å². The van der Waals surface area contributed by atoms with E-state index in [0.717, 1.165) is 19.4 Å². The largest absolute Gasteiger partial charge is 0.376 e. The number of nitrogens with zero attached hydrogens (tertiary/aromatic N) is 2. The number of amides is 1. The van der Waals surface area contributed by atoms with Crippen molar-refractivity contribution in [3.05, 3.63) is 53.3 Å². The topological polar surface area (TPSA) is 76.1 Å². The van der Waals surface area contributed by atoms with Crippen LogP contribution in [0.1, 0.15) is 34.5 Å². The number of hydrogen-bond acceptors (Lipinski definition) is 5. The summed E-state index contributed by atoms with van der Waals surface area (Å²) in [6.07, 6.45) is 3.76. The molecule has 126 valence electrons. The summed E-state index contributed by atoms with van der Waals surface area (Å²) in [5.41, 5.74) is 2.74. The first kappa shape index (κ1) is 16.4. The summed E-state index contributed by atoms with van der Waals surface area (Å²) >= 11 is 0. The van der Waals surface area contributed by atoms with Crippen LogP contribution in [0.4, 0.5) is 5.95 Å². The minimum absolute atomic E-state index is 0.120. The number of aryl methyl sites for hydroxylation is 1. The van der Waals surface area contributed by atoms with Crippen LogP contribution in [0, 0.1) is 6.92 Å². The molecule has 2 aromatic rings. The summed E-state index contributed by atoms with van der Waals surface area (Å²) in [5, 5.41) is 6.04. The Morgan fingerprint density at radius 3 is 3.00 bits per heavy atom. The zero-order valence-electron chi connectivity index (χ0n) is 13.8. The molecule has 6 nitrogen and oxygen atoms in total. The highest BCUT2D eigenvalue weighted by Crippen LogP contribution is 2.11. The Labute approximate surface area is 141 Å². The van der Waals surface area contributed by atoms with Crippen LogP contribution < -0.4 is 10.6 Å². The van der Waals surface area contributed by atoms with Crippen LogP contribution in [0.25, 0.3) is 0 Å². The third kappa shape index (κ3) is 4.29. The van der Waals surface area contributed by atoms with Gasteiger partial charge in [0.1, 0.15) is 5.69 Å². The Morgan fingerprint density at radius 1 is 1.33 bits per heavy atom. The van der Waals surface area contributed by atoms with Gasteiger partial charge in [0, 0.05) is 25.9 Å². The Kier molecular flexibility index (Phi) is 5.38. The van der Waals surface area contributed by atoms with Crippen molar-refractivity contribution in [3.63, 3.8) is 0 Å². The summed E-state index contributed by atoms with van der Waals surface area (Å²) in [6, 6.07) is 9.74. The molecule has 0 spiro atoms. The zero-order chi connectivity index (χ0) is 16.8. The molecule has 1 unspecified atom stereocenters. The molecule has 0 saturated carbocycles. The van der Waals surface area contributed by atoms with Gasteiger partial charge in [-0.25, -0.2) is 9.97 Å². The average Bonchev–Trinajstić information content (AvgIpc) is 3.13. The van der Waals surface area contributed by atoms with Crippen molar-refractivity contribution in [2.24, 2.45) is 0 Å². The molecular formula is C18H22N4O2. The second-order valence-corrected chi connectivity index (χ2v) is 5.89. The summed E-state index contributed by atoms with van der Waals surface area (Å²) in [6.45, 7) is 3.98. The van der Waals surface area contributed by atoms with Crippen molar-refractivity contribution in [2.75, 3.05) is 18.5 Å². The van der Waals surface area contributed by atoms with E-state index >= 15 is 0 Å². The van der Waals surface area contributed by atoms with Crippen LogP contribution >= 0.6 is 0 Å². The number of benzene rings is 1. The fourth-order valence-electron chi connectivity index (χ4n) is 2.66. The predicted octanol–water partition coefficient (Wildman–Crippen LogP) is 2.31. The van der Waals surface area contributed by atoms with Gasteiger partial charge in [-0.15, -0.1) is 0 Å². The lowest BCUT2D eigenvalue weighted by atomic mass is 10.1. The number of aromatic nitrogens is 2. The highest BCUT2D eigenvalue weighted by Gasteiger charge is 2.17. The highest BCUT2D eigenvalue weighted by atomic mass is 16.5. The average molecular weight is 326 g/mol. The lowest BCUT2D eigenvalue weighted by molar-refractivity contribution is 0.0853. The molecule has 1 aromatic carbocycles. The van der Waals surface area contributed by atoms with Gasteiger partial charge in [-0.3, -0.25) is 4.79 Å². The first-order valence-electron chi connectivity index (χ1n) is 8.23. The summed E-state index contributed by atoms with van der Waals surface area (Å²) in [4.78, 5) is 20.7. The van der Waals surface area contributed by atoms with E-state index in [-0.39, 0.29) is 12.0 Å². The lowest BCUT2D eigenvalue weighted by Gasteiger charge is -2.11. The number of carbonyl (C=O) groups excluding carboxylic acids is 1. The number of ether oxygens (including phenoxy) is 1. The predicted molar refractivity (Wildman–Crippen MR) is 91.8 cm³/mol. The molecule has 1 atom stereocenters. The van der Waals surface area contributed by atoms with Gasteiger partial charge >= 0.3 is 0 Å². The highest BCUT2D eigenvalue weighted by molar-refractivity contribution is 5.92. The van der Waals surface area contributed by atoms with E-state index in [1.54, 1.807) is 12.3 Å². The maximum absolute atomic E-state index is 12.2. The van der Waals surface area contributed by atoms with Gasteiger partial charge in [-0.2, -0.15) is 0 Å². The van der Waals surface area contributed by atoms with Gasteiger partial charge in [0.2, 0.25) is 5.95 Å². The van der Waals surface area contributed by atoms with Crippen LogP contribution in [-0.2, 0) is 11.3 Å². The number of hydrogen-bond donors (Lipinski definition) is 2. The lowest BCUT2D eigenvalue weighted by Crippen LogP contribution is -2.32. The molecule has 1 aliphatic rings. The Balaban J connectivity index is 1.57. The van der Waals surface area contributed by atoms with Gasteiger partial charge < -0.3 is 15.4 Å². The molecule has 0 radical (unpaired) electrons. The Hall–Kier alpha value is -2.47. The molecule has 0 bridgehead atoms. The smallest absolute Gasteiger partial charge is 0.270 e. The third-order valence-electron chi connectivity index (χ3n) is 4.10. The molecule has 3 rings (SSSR count). The van der Waals surface area contributed by atoms with Crippen molar-refractivity contribution >= 4 is 11.9 Å². The van der Waals surface area contributed by atoms with Gasteiger partial charge in [0.25, 0.3) is 5.91 Å². The van der Waals surface area contributed by atoms with Crippen molar-refractivity contribution in [2.45, 2.75) is 32.4 Å². The molecule has 1 aliphatic heterocycles. The number of rotatable bonds is 6. The van der Waals surface area contributed by atoms with E-state index in [1.165, 1.54) is 11.1 Å². The quantitative estimate of drug-likeness (QED) is 0.852. The SMILES string of the molecule is Cc1ccccc1CNc1nccc(C(=O)NCC2CCCO2)n1. The van der Waals surface area contributed by atoms with E-state index < -0.39 is 0 Å². The van der Waals surface area contributed by atoms with Crippen molar-refractivity contribution in [1.29, 1.82) is 0 Å². The fourth-order valence-corrected chi connectivity index (χ4v) is 2.66. The second-order valence-electron chi connectivity index (χ2n) is 5.89. The van der Waals surface area contributed by atoms with E-state index in [2.05, 4.69) is 39.7 Å². The molecule has 1 saturated heterocycles. The molecule has 0 aliphatic carbocycles.